The highest BCUT2D eigenvalue weighted by Gasteiger charge is 2.42. The molecule has 200 valence electrons. The number of hydrogen-bond acceptors (Lipinski definition) is 6. The van der Waals surface area contributed by atoms with Gasteiger partial charge in [-0.1, -0.05) is 17.7 Å². The summed E-state index contributed by atoms with van der Waals surface area (Å²) in [6, 6.07) is 11.0. The molecule has 1 spiro atoms. The van der Waals surface area contributed by atoms with Gasteiger partial charge in [-0.25, -0.2) is 13.1 Å². The molecule has 0 saturated carbocycles. The molecule has 0 radical (unpaired) electrons. The lowest BCUT2D eigenvalue weighted by atomic mass is 9.70. The second-order valence-electron chi connectivity index (χ2n) is 11.0. The third kappa shape index (κ3) is 5.47. The number of ether oxygens (including phenoxy) is 2. The molecule has 2 aliphatic heterocycles. The van der Waals surface area contributed by atoms with Crippen LogP contribution in [0.1, 0.15) is 57.6 Å². The SMILES string of the molecule is CC(=O)NS(=O)(=O)c1ccc2c(c1)N(CC1CC(C)OC(C)C1)CC1(CCCc3cc(Cl)ccc31)CO2. The van der Waals surface area contributed by atoms with Crippen LogP contribution >= 0.6 is 11.6 Å². The average Bonchev–Trinajstić information content (AvgIpc) is 2.95. The molecule has 1 aliphatic carbocycles. The number of fused-ring (bicyclic) bond motifs is 3. The maximum Gasteiger partial charge on any atom is 0.264 e. The fourth-order valence-electron chi connectivity index (χ4n) is 6.51. The molecule has 37 heavy (non-hydrogen) atoms. The van der Waals surface area contributed by atoms with Crippen LogP contribution in [0.3, 0.4) is 0 Å². The zero-order chi connectivity index (χ0) is 26.4. The van der Waals surface area contributed by atoms with Crippen LogP contribution in [0.4, 0.5) is 5.69 Å². The second-order valence-corrected chi connectivity index (χ2v) is 13.1. The van der Waals surface area contributed by atoms with Crippen molar-refractivity contribution in [3.8, 4) is 5.75 Å². The minimum atomic E-state index is -3.98. The van der Waals surface area contributed by atoms with Crippen molar-refractivity contribution in [2.45, 2.75) is 75.4 Å². The normalized spacial score (nSPS) is 27.6. The van der Waals surface area contributed by atoms with Crippen LogP contribution in [0, 0.1) is 5.92 Å². The highest BCUT2D eigenvalue weighted by Crippen LogP contribution is 2.45. The van der Waals surface area contributed by atoms with Crippen molar-refractivity contribution >= 4 is 33.2 Å². The van der Waals surface area contributed by atoms with E-state index in [-0.39, 0.29) is 22.5 Å². The highest BCUT2D eigenvalue weighted by atomic mass is 35.5. The van der Waals surface area contributed by atoms with Gasteiger partial charge in [-0.2, -0.15) is 0 Å². The zero-order valence-electron chi connectivity index (χ0n) is 21.6. The van der Waals surface area contributed by atoms with Crippen LogP contribution in [0.25, 0.3) is 0 Å². The molecule has 7 nitrogen and oxygen atoms in total. The number of rotatable bonds is 4. The van der Waals surface area contributed by atoms with Crippen LogP contribution in [0.5, 0.6) is 5.75 Å². The second kappa shape index (κ2) is 10.1. The van der Waals surface area contributed by atoms with Crippen molar-refractivity contribution in [3.05, 3.63) is 52.5 Å². The minimum Gasteiger partial charge on any atom is -0.490 e. The Kier molecular flexibility index (Phi) is 7.20. The van der Waals surface area contributed by atoms with Crippen molar-refractivity contribution < 1.29 is 22.7 Å². The van der Waals surface area contributed by atoms with Crippen LogP contribution in [0.2, 0.25) is 5.02 Å². The van der Waals surface area contributed by atoms with Crippen molar-refractivity contribution in [2.75, 3.05) is 24.6 Å². The lowest BCUT2D eigenvalue weighted by Gasteiger charge is -2.42. The number of anilines is 1. The number of nitrogens with zero attached hydrogens (tertiary/aromatic N) is 1. The Bertz CT molecular complexity index is 1290. The molecule has 3 aliphatic rings. The van der Waals surface area contributed by atoms with Gasteiger partial charge in [0.15, 0.2) is 0 Å². The van der Waals surface area contributed by atoms with Crippen LogP contribution < -0.4 is 14.4 Å². The maximum absolute atomic E-state index is 12.9. The predicted molar refractivity (Wildman–Crippen MR) is 144 cm³/mol. The smallest absolute Gasteiger partial charge is 0.264 e. The first-order chi connectivity index (χ1) is 17.5. The molecule has 1 fully saturated rings. The molecule has 3 atom stereocenters. The van der Waals surface area contributed by atoms with Gasteiger partial charge in [0.1, 0.15) is 5.75 Å². The first kappa shape index (κ1) is 26.3. The standard InChI is InChI=1S/C28H35ClN2O5S/c1-18-11-21(12-19(2)36-18)15-31-16-28(10-4-5-22-13-23(29)6-8-25(22)28)17-35-27-9-7-24(14-26(27)31)37(33,34)30-20(3)32/h6-9,13-14,18-19,21H,4-5,10-12,15-17H2,1-3H3,(H,30,32). The largest absolute Gasteiger partial charge is 0.490 e. The first-order valence-corrected chi connectivity index (χ1v) is 14.9. The van der Waals surface area contributed by atoms with Gasteiger partial charge in [0.05, 0.1) is 29.4 Å². The Labute approximate surface area is 224 Å². The summed E-state index contributed by atoms with van der Waals surface area (Å²) < 4.78 is 40.3. The monoisotopic (exact) mass is 546 g/mol. The molecule has 2 aromatic rings. The fourth-order valence-corrected chi connectivity index (χ4v) is 7.72. The van der Waals surface area contributed by atoms with Gasteiger partial charge in [0.25, 0.3) is 10.0 Å². The number of nitrogens with one attached hydrogen (secondary N) is 1. The molecule has 2 heterocycles. The van der Waals surface area contributed by atoms with E-state index < -0.39 is 15.9 Å². The maximum atomic E-state index is 12.9. The van der Waals surface area contributed by atoms with E-state index in [1.165, 1.54) is 24.1 Å². The van der Waals surface area contributed by atoms with Crippen LogP contribution in [-0.2, 0) is 31.4 Å². The van der Waals surface area contributed by atoms with Crippen molar-refractivity contribution in [3.63, 3.8) is 0 Å². The van der Waals surface area contributed by atoms with E-state index in [0.717, 1.165) is 49.4 Å². The topological polar surface area (TPSA) is 84.9 Å². The van der Waals surface area contributed by atoms with Gasteiger partial charge in [-0.15, -0.1) is 0 Å². The first-order valence-electron chi connectivity index (χ1n) is 13.0. The summed E-state index contributed by atoms with van der Waals surface area (Å²) in [5.41, 5.74) is 3.03. The molecule has 0 aromatic heterocycles. The number of carbonyl (C=O) groups excluding carboxylic acids is 1. The molecule has 1 saturated heterocycles. The van der Waals surface area contributed by atoms with Crippen LogP contribution in [0.15, 0.2) is 41.3 Å². The number of hydrogen-bond donors (Lipinski definition) is 1. The third-order valence-corrected chi connectivity index (χ3v) is 9.54. The van der Waals surface area contributed by atoms with Crippen molar-refractivity contribution in [1.82, 2.24) is 4.72 Å². The van der Waals surface area contributed by atoms with Crippen molar-refractivity contribution in [1.29, 1.82) is 0 Å². The Balaban J connectivity index is 1.57. The summed E-state index contributed by atoms with van der Waals surface area (Å²) in [4.78, 5) is 13.9. The Morgan fingerprint density at radius 3 is 2.65 bits per heavy atom. The Hall–Kier alpha value is -2.29. The quantitative estimate of drug-likeness (QED) is 0.590. The molecule has 5 rings (SSSR count). The summed E-state index contributed by atoms with van der Waals surface area (Å²) in [5, 5.41) is 0.739. The predicted octanol–water partition coefficient (Wildman–Crippen LogP) is 4.84. The van der Waals surface area contributed by atoms with Crippen LogP contribution in [-0.4, -0.2) is 46.2 Å². The summed E-state index contributed by atoms with van der Waals surface area (Å²) >= 11 is 6.35. The number of halogens is 1. The average molecular weight is 547 g/mol. The summed E-state index contributed by atoms with van der Waals surface area (Å²) in [7, 11) is -3.98. The fraction of sp³-hybridized carbons (Fsp3) is 0.536. The van der Waals surface area contributed by atoms with E-state index in [2.05, 4.69) is 35.6 Å². The van der Waals surface area contributed by atoms with Crippen molar-refractivity contribution in [2.24, 2.45) is 5.92 Å². The molecular formula is C28H35ClN2O5S. The molecule has 0 bridgehead atoms. The number of benzene rings is 2. The molecule has 2 aromatic carbocycles. The molecule has 3 unspecified atom stereocenters. The third-order valence-electron chi connectivity index (χ3n) is 7.87. The van der Waals surface area contributed by atoms with Gasteiger partial charge >= 0.3 is 0 Å². The molecule has 9 heteroatoms. The summed E-state index contributed by atoms with van der Waals surface area (Å²) in [6.45, 7) is 7.40. The van der Waals surface area contributed by atoms with Gasteiger partial charge < -0.3 is 14.4 Å². The Morgan fingerprint density at radius 2 is 1.92 bits per heavy atom. The minimum absolute atomic E-state index is 0.0514. The van der Waals surface area contributed by atoms with Gasteiger partial charge in [-0.05, 0) is 93.3 Å². The highest BCUT2D eigenvalue weighted by molar-refractivity contribution is 7.90. The van der Waals surface area contributed by atoms with E-state index >= 15 is 0 Å². The van der Waals surface area contributed by atoms with Gasteiger partial charge in [0, 0.05) is 30.5 Å². The van der Waals surface area contributed by atoms with E-state index in [9.17, 15) is 13.2 Å². The van der Waals surface area contributed by atoms with Gasteiger partial charge in [-0.3, -0.25) is 4.79 Å². The molecule has 1 amide bonds. The Morgan fingerprint density at radius 1 is 1.16 bits per heavy atom. The van der Waals surface area contributed by atoms with E-state index in [0.29, 0.717) is 24.8 Å². The van der Waals surface area contributed by atoms with E-state index in [4.69, 9.17) is 21.1 Å². The number of amides is 1. The summed E-state index contributed by atoms with van der Waals surface area (Å²) in [6.07, 6.45) is 5.24. The van der Waals surface area contributed by atoms with Gasteiger partial charge in [0.2, 0.25) is 5.91 Å². The number of aryl methyl sites for hydroxylation is 1. The zero-order valence-corrected chi connectivity index (χ0v) is 23.2. The van der Waals surface area contributed by atoms with E-state index in [1.54, 1.807) is 12.1 Å². The lowest BCUT2D eigenvalue weighted by Crippen LogP contribution is -2.47. The number of carbonyl (C=O) groups is 1. The molecule has 1 N–H and O–H groups in total. The molecular weight excluding hydrogens is 512 g/mol. The lowest BCUT2D eigenvalue weighted by molar-refractivity contribution is -0.117. The van der Waals surface area contributed by atoms with E-state index in [1.807, 2.05) is 6.07 Å². The summed E-state index contributed by atoms with van der Waals surface area (Å²) in [5.74, 6) is 0.434. The number of sulfonamides is 1.